The highest BCUT2D eigenvalue weighted by Crippen LogP contribution is 2.28. The van der Waals surface area contributed by atoms with Gasteiger partial charge in [0.1, 0.15) is 5.82 Å². The fourth-order valence-corrected chi connectivity index (χ4v) is 3.81. The lowest BCUT2D eigenvalue weighted by Crippen LogP contribution is -2.37. The Labute approximate surface area is 140 Å². The lowest BCUT2D eigenvalue weighted by Gasteiger charge is -2.23. The van der Waals surface area contributed by atoms with Gasteiger partial charge in [0.25, 0.3) is 5.91 Å². The van der Waals surface area contributed by atoms with Crippen molar-refractivity contribution in [1.82, 2.24) is 9.80 Å². The molecule has 0 saturated carbocycles. The number of furan rings is 1. The fraction of sp³-hybridized carbons (Fsp3) is 0.421. The molecule has 3 heterocycles. The Morgan fingerprint density at radius 3 is 2.58 bits per heavy atom. The van der Waals surface area contributed by atoms with Crippen LogP contribution >= 0.6 is 0 Å². The predicted octanol–water partition coefficient (Wildman–Crippen LogP) is 3.40. The van der Waals surface area contributed by atoms with Crippen molar-refractivity contribution in [2.45, 2.75) is 25.3 Å². The van der Waals surface area contributed by atoms with Crippen molar-refractivity contribution in [2.24, 2.45) is 0 Å². The number of carbonyl (C=O) groups excluding carboxylic acids is 1. The molecule has 1 amide bonds. The van der Waals surface area contributed by atoms with E-state index in [9.17, 15) is 9.18 Å². The third-order valence-electron chi connectivity index (χ3n) is 5.12. The lowest BCUT2D eigenvalue weighted by molar-refractivity contribution is 0.0749. The van der Waals surface area contributed by atoms with Crippen molar-refractivity contribution >= 4 is 5.91 Å². The molecule has 2 fully saturated rings. The predicted molar refractivity (Wildman–Crippen MR) is 89.2 cm³/mol. The Kier molecular flexibility index (Phi) is 4.10. The smallest absolute Gasteiger partial charge is 0.290 e. The summed E-state index contributed by atoms with van der Waals surface area (Å²) in [7, 11) is 0. The third-order valence-corrected chi connectivity index (χ3v) is 5.12. The average molecular weight is 328 g/mol. The quantitative estimate of drug-likeness (QED) is 0.866. The summed E-state index contributed by atoms with van der Waals surface area (Å²) in [5.41, 5.74) is 1.52. The number of amides is 1. The minimum atomic E-state index is -0.289. The van der Waals surface area contributed by atoms with Crippen LogP contribution in [0, 0.1) is 5.82 Å². The van der Waals surface area contributed by atoms with Crippen molar-refractivity contribution < 1.29 is 13.6 Å². The number of halogens is 1. The van der Waals surface area contributed by atoms with Crippen LogP contribution in [0.4, 0.5) is 4.39 Å². The molecule has 2 aromatic rings. The van der Waals surface area contributed by atoms with Gasteiger partial charge >= 0.3 is 0 Å². The molecule has 4 rings (SSSR count). The van der Waals surface area contributed by atoms with Gasteiger partial charge in [0.2, 0.25) is 0 Å². The first-order valence-electron chi connectivity index (χ1n) is 8.59. The largest absolute Gasteiger partial charge is 0.459 e. The highest BCUT2D eigenvalue weighted by Gasteiger charge is 2.33. The van der Waals surface area contributed by atoms with E-state index in [-0.39, 0.29) is 11.7 Å². The minimum Gasteiger partial charge on any atom is -0.459 e. The maximum absolute atomic E-state index is 13.1. The van der Waals surface area contributed by atoms with Crippen LogP contribution in [0.15, 0.2) is 41.0 Å². The van der Waals surface area contributed by atoms with Crippen molar-refractivity contribution in [3.05, 3.63) is 48.2 Å². The number of nitrogens with zero attached hydrogens (tertiary/aromatic N) is 2. The molecule has 5 heteroatoms. The summed E-state index contributed by atoms with van der Waals surface area (Å²) in [5, 5.41) is 0. The van der Waals surface area contributed by atoms with Crippen LogP contribution in [-0.2, 0) is 0 Å². The molecule has 0 bridgehead atoms. The molecule has 1 aromatic carbocycles. The number of carbonyl (C=O) groups is 1. The van der Waals surface area contributed by atoms with Crippen molar-refractivity contribution in [1.29, 1.82) is 0 Å². The number of hydrogen-bond donors (Lipinski definition) is 0. The first-order chi connectivity index (χ1) is 11.7. The van der Waals surface area contributed by atoms with Gasteiger partial charge in [0.05, 0.1) is 6.26 Å². The van der Waals surface area contributed by atoms with E-state index in [2.05, 4.69) is 4.90 Å². The normalized spacial score (nSPS) is 21.5. The minimum absolute atomic E-state index is 0.0685. The highest BCUT2D eigenvalue weighted by molar-refractivity contribution is 5.98. The van der Waals surface area contributed by atoms with E-state index >= 15 is 0 Å². The third kappa shape index (κ3) is 2.84. The summed E-state index contributed by atoms with van der Waals surface area (Å²) >= 11 is 0. The molecule has 1 atom stereocenters. The monoisotopic (exact) mass is 328 g/mol. The standard InChI is InChI=1S/C19H21FN2O2/c20-15-5-3-14(4-6-15)17-8-12-24-18(17)19(23)22-11-7-16(13-22)21-9-1-2-10-21/h3-6,8,12,16H,1-2,7,9-11,13H2. The molecular weight excluding hydrogens is 307 g/mol. The van der Waals surface area contributed by atoms with E-state index in [4.69, 9.17) is 4.42 Å². The van der Waals surface area contributed by atoms with E-state index < -0.39 is 0 Å². The number of benzene rings is 1. The van der Waals surface area contributed by atoms with Gasteiger partial charge in [-0.2, -0.15) is 0 Å². The van der Waals surface area contributed by atoms with E-state index in [0.717, 1.165) is 43.7 Å². The molecule has 4 nitrogen and oxygen atoms in total. The van der Waals surface area contributed by atoms with Crippen LogP contribution in [-0.4, -0.2) is 47.9 Å². The summed E-state index contributed by atoms with van der Waals surface area (Å²) in [6.07, 6.45) is 5.08. The summed E-state index contributed by atoms with van der Waals surface area (Å²) in [6, 6.07) is 8.39. The fourth-order valence-electron chi connectivity index (χ4n) is 3.81. The Hall–Kier alpha value is -2.14. The molecule has 0 aliphatic carbocycles. The first kappa shape index (κ1) is 15.4. The summed E-state index contributed by atoms with van der Waals surface area (Å²) in [4.78, 5) is 17.2. The Balaban J connectivity index is 1.51. The van der Waals surface area contributed by atoms with Crippen molar-refractivity contribution in [2.75, 3.05) is 26.2 Å². The molecule has 0 spiro atoms. The number of rotatable bonds is 3. The van der Waals surface area contributed by atoms with Crippen LogP contribution in [0.1, 0.15) is 29.8 Å². The molecule has 0 radical (unpaired) electrons. The maximum atomic E-state index is 13.1. The van der Waals surface area contributed by atoms with Crippen LogP contribution in [0.2, 0.25) is 0 Å². The van der Waals surface area contributed by atoms with Gasteiger partial charge in [-0.05, 0) is 56.1 Å². The van der Waals surface area contributed by atoms with Crippen LogP contribution in [0.3, 0.4) is 0 Å². The van der Waals surface area contributed by atoms with Crippen LogP contribution in [0.5, 0.6) is 0 Å². The molecule has 1 aromatic heterocycles. The van der Waals surface area contributed by atoms with E-state index in [1.165, 1.54) is 31.2 Å². The molecule has 0 N–H and O–H groups in total. The molecular formula is C19H21FN2O2. The van der Waals surface area contributed by atoms with Gasteiger partial charge in [-0.3, -0.25) is 9.69 Å². The van der Waals surface area contributed by atoms with E-state index in [1.54, 1.807) is 18.2 Å². The van der Waals surface area contributed by atoms with Gasteiger partial charge in [-0.15, -0.1) is 0 Å². The Morgan fingerprint density at radius 1 is 1.08 bits per heavy atom. The van der Waals surface area contributed by atoms with E-state index in [0.29, 0.717) is 11.8 Å². The zero-order valence-corrected chi connectivity index (χ0v) is 13.6. The van der Waals surface area contributed by atoms with Crippen LogP contribution < -0.4 is 0 Å². The molecule has 1 unspecified atom stereocenters. The SMILES string of the molecule is O=C(c1occc1-c1ccc(F)cc1)N1CCC(N2CCCC2)C1. The summed E-state index contributed by atoms with van der Waals surface area (Å²) < 4.78 is 18.6. The second-order valence-corrected chi connectivity index (χ2v) is 6.61. The van der Waals surface area contributed by atoms with Crippen molar-refractivity contribution in [3.8, 4) is 11.1 Å². The van der Waals surface area contributed by atoms with Gasteiger partial charge < -0.3 is 9.32 Å². The Morgan fingerprint density at radius 2 is 1.83 bits per heavy atom. The van der Waals surface area contributed by atoms with Crippen LogP contribution in [0.25, 0.3) is 11.1 Å². The molecule has 2 aliphatic rings. The molecule has 2 aliphatic heterocycles. The van der Waals surface area contributed by atoms with Gasteiger partial charge in [-0.1, -0.05) is 12.1 Å². The lowest BCUT2D eigenvalue weighted by atomic mass is 10.1. The Bertz CT molecular complexity index is 719. The molecule has 2 saturated heterocycles. The topological polar surface area (TPSA) is 36.7 Å². The van der Waals surface area contributed by atoms with Crippen molar-refractivity contribution in [3.63, 3.8) is 0 Å². The van der Waals surface area contributed by atoms with E-state index in [1.807, 2.05) is 4.90 Å². The van der Waals surface area contributed by atoms with Gasteiger partial charge in [0, 0.05) is 24.7 Å². The summed E-state index contributed by atoms with van der Waals surface area (Å²) in [5.74, 6) is -0.00665. The van der Waals surface area contributed by atoms with Gasteiger partial charge in [0.15, 0.2) is 5.76 Å². The second kappa shape index (κ2) is 6.40. The molecule has 24 heavy (non-hydrogen) atoms. The molecule has 126 valence electrons. The number of likely N-dealkylation sites (tertiary alicyclic amines) is 2. The second-order valence-electron chi connectivity index (χ2n) is 6.61. The highest BCUT2D eigenvalue weighted by atomic mass is 19.1. The zero-order valence-electron chi connectivity index (χ0n) is 13.6. The maximum Gasteiger partial charge on any atom is 0.290 e. The first-order valence-corrected chi connectivity index (χ1v) is 8.59. The number of hydrogen-bond acceptors (Lipinski definition) is 3. The van der Waals surface area contributed by atoms with Gasteiger partial charge in [-0.25, -0.2) is 4.39 Å². The zero-order chi connectivity index (χ0) is 16.5. The average Bonchev–Trinajstić information content (AvgIpc) is 3.34. The summed E-state index contributed by atoms with van der Waals surface area (Å²) in [6.45, 7) is 3.83.